The highest BCUT2D eigenvalue weighted by atomic mass is 19.2. The van der Waals surface area contributed by atoms with Gasteiger partial charge in [0.1, 0.15) is 11.6 Å². The lowest BCUT2D eigenvalue weighted by Gasteiger charge is -2.06. The van der Waals surface area contributed by atoms with Crippen LogP contribution in [0.1, 0.15) is 17.5 Å². The average Bonchev–Trinajstić information content (AvgIpc) is 2.98. The molecule has 3 rings (SSSR count). The zero-order chi connectivity index (χ0) is 18.7. The lowest BCUT2D eigenvalue weighted by atomic mass is 10.1. The van der Waals surface area contributed by atoms with Crippen molar-refractivity contribution in [2.24, 2.45) is 0 Å². The second-order valence-electron chi connectivity index (χ2n) is 5.71. The molecule has 0 bridgehead atoms. The number of benzene rings is 1. The van der Waals surface area contributed by atoms with E-state index in [2.05, 4.69) is 20.5 Å². The van der Waals surface area contributed by atoms with Crippen molar-refractivity contribution in [3.8, 4) is 11.3 Å². The van der Waals surface area contributed by atoms with Crippen LogP contribution in [0.2, 0.25) is 0 Å². The van der Waals surface area contributed by atoms with Crippen LogP contribution in [-0.2, 0) is 11.2 Å². The van der Waals surface area contributed by atoms with E-state index in [1.807, 2.05) is 0 Å². The molecule has 3 aromatic rings. The van der Waals surface area contributed by atoms with Gasteiger partial charge in [-0.15, -0.1) is 0 Å². The summed E-state index contributed by atoms with van der Waals surface area (Å²) in [6.07, 6.45) is 3.13. The summed E-state index contributed by atoms with van der Waals surface area (Å²) in [7, 11) is 0. The highest BCUT2D eigenvalue weighted by Crippen LogP contribution is 2.25. The van der Waals surface area contributed by atoms with Gasteiger partial charge in [-0.05, 0) is 37.1 Å². The molecule has 0 aliphatic rings. The largest absolute Gasteiger partial charge is 0.311 e. The number of aromatic amines is 1. The van der Waals surface area contributed by atoms with Crippen LogP contribution in [-0.4, -0.2) is 21.1 Å². The Labute approximate surface area is 147 Å². The number of hydrogen-bond acceptors (Lipinski definition) is 3. The normalized spacial score (nSPS) is 10.8. The summed E-state index contributed by atoms with van der Waals surface area (Å²) in [6.45, 7) is 1.80. The molecule has 0 atom stereocenters. The van der Waals surface area contributed by atoms with E-state index in [4.69, 9.17) is 0 Å². The molecule has 0 radical (unpaired) electrons. The van der Waals surface area contributed by atoms with E-state index in [0.29, 0.717) is 17.6 Å². The molecule has 0 fully saturated rings. The third kappa shape index (κ3) is 3.74. The monoisotopic (exact) mass is 360 g/mol. The topological polar surface area (TPSA) is 70.7 Å². The first-order valence-corrected chi connectivity index (χ1v) is 7.84. The molecule has 134 valence electrons. The lowest BCUT2D eigenvalue weighted by Crippen LogP contribution is -2.14. The third-order valence-electron chi connectivity index (χ3n) is 3.94. The SMILES string of the molecule is Cc1c(-c2ccncc2)n[nH]c1NC(=O)CCc1cc(F)c(F)cc1F. The predicted molar refractivity (Wildman–Crippen MR) is 89.8 cm³/mol. The standard InChI is InChI=1S/C18H15F3N4O/c1-10-17(11-4-6-22-7-5-11)24-25-18(10)23-16(26)3-2-12-8-14(20)15(21)9-13(12)19/h4-9H,2-3H2,1H3,(H2,23,24,25,26). The smallest absolute Gasteiger partial charge is 0.225 e. The third-order valence-corrected chi connectivity index (χ3v) is 3.94. The molecule has 2 aromatic heterocycles. The maximum atomic E-state index is 13.6. The minimum atomic E-state index is -1.26. The van der Waals surface area contributed by atoms with Gasteiger partial charge in [-0.1, -0.05) is 0 Å². The van der Waals surface area contributed by atoms with Crippen LogP contribution in [0.5, 0.6) is 0 Å². The van der Waals surface area contributed by atoms with Crippen molar-refractivity contribution in [1.82, 2.24) is 15.2 Å². The maximum Gasteiger partial charge on any atom is 0.225 e. The number of nitrogens with zero attached hydrogens (tertiary/aromatic N) is 2. The Hall–Kier alpha value is -3.16. The molecule has 26 heavy (non-hydrogen) atoms. The van der Waals surface area contributed by atoms with Crippen molar-refractivity contribution >= 4 is 11.7 Å². The van der Waals surface area contributed by atoms with Gasteiger partial charge in [0.2, 0.25) is 5.91 Å². The number of H-pyrrole nitrogens is 1. The first-order valence-electron chi connectivity index (χ1n) is 7.84. The molecule has 8 heteroatoms. The van der Waals surface area contributed by atoms with Crippen molar-refractivity contribution in [1.29, 1.82) is 0 Å². The molecule has 0 aliphatic carbocycles. The van der Waals surface area contributed by atoms with Crippen molar-refractivity contribution in [3.05, 3.63) is 65.2 Å². The Morgan fingerprint density at radius 3 is 2.54 bits per heavy atom. The molecular weight excluding hydrogens is 345 g/mol. The van der Waals surface area contributed by atoms with Gasteiger partial charge in [0.15, 0.2) is 11.6 Å². The van der Waals surface area contributed by atoms with Crippen LogP contribution in [0.4, 0.5) is 19.0 Å². The fourth-order valence-electron chi connectivity index (χ4n) is 2.52. The molecule has 2 N–H and O–H groups in total. The summed E-state index contributed by atoms with van der Waals surface area (Å²) in [5, 5.41) is 9.57. The second-order valence-corrected chi connectivity index (χ2v) is 5.71. The molecule has 5 nitrogen and oxygen atoms in total. The first-order chi connectivity index (χ1) is 12.5. The Balaban J connectivity index is 1.66. The Morgan fingerprint density at radius 1 is 1.12 bits per heavy atom. The van der Waals surface area contributed by atoms with Gasteiger partial charge in [-0.2, -0.15) is 5.10 Å². The van der Waals surface area contributed by atoms with E-state index in [0.717, 1.165) is 17.2 Å². The molecule has 1 aromatic carbocycles. The minimum absolute atomic E-state index is 0.0563. The first kappa shape index (κ1) is 17.7. The van der Waals surface area contributed by atoms with Gasteiger partial charge in [0.25, 0.3) is 0 Å². The summed E-state index contributed by atoms with van der Waals surface area (Å²) < 4.78 is 39.7. The molecule has 2 heterocycles. The number of halogens is 3. The lowest BCUT2D eigenvalue weighted by molar-refractivity contribution is -0.116. The number of carbonyl (C=O) groups excluding carboxylic acids is 1. The quantitative estimate of drug-likeness (QED) is 0.681. The maximum absolute atomic E-state index is 13.6. The summed E-state index contributed by atoms with van der Waals surface area (Å²) in [6, 6.07) is 4.82. The van der Waals surface area contributed by atoms with Crippen molar-refractivity contribution in [3.63, 3.8) is 0 Å². The summed E-state index contributed by atoms with van der Waals surface area (Å²) in [4.78, 5) is 16.0. The molecule has 0 saturated heterocycles. The number of aromatic nitrogens is 3. The van der Waals surface area contributed by atoms with E-state index in [1.165, 1.54) is 0 Å². The molecule has 1 amide bonds. The zero-order valence-electron chi connectivity index (χ0n) is 13.8. The number of anilines is 1. The minimum Gasteiger partial charge on any atom is -0.311 e. The number of rotatable bonds is 5. The van der Waals surface area contributed by atoms with Gasteiger partial charge in [0.05, 0.1) is 5.69 Å². The van der Waals surface area contributed by atoms with Crippen LogP contribution >= 0.6 is 0 Å². The van der Waals surface area contributed by atoms with Crippen LogP contribution in [0, 0.1) is 24.4 Å². The Morgan fingerprint density at radius 2 is 1.81 bits per heavy atom. The van der Waals surface area contributed by atoms with Crippen LogP contribution in [0.3, 0.4) is 0 Å². The van der Waals surface area contributed by atoms with E-state index < -0.39 is 23.4 Å². The van der Waals surface area contributed by atoms with Crippen molar-refractivity contribution in [2.45, 2.75) is 19.8 Å². The molecule has 0 unspecified atom stereocenters. The predicted octanol–water partition coefficient (Wildman–Crippen LogP) is 3.77. The summed E-state index contributed by atoms with van der Waals surface area (Å²) >= 11 is 0. The second kappa shape index (κ2) is 7.38. The van der Waals surface area contributed by atoms with Crippen molar-refractivity contribution in [2.75, 3.05) is 5.32 Å². The van der Waals surface area contributed by atoms with E-state index >= 15 is 0 Å². The van der Waals surface area contributed by atoms with E-state index in [1.54, 1.807) is 31.5 Å². The number of carbonyl (C=O) groups is 1. The molecule has 0 spiro atoms. The summed E-state index contributed by atoms with van der Waals surface area (Å²) in [5.74, 6) is -3.26. The van der Waals surface area contributed by atoms with E-state index in [9.17, 15) is 18.0 Å². The number of nitrogens with one attached hydrogen (secondary N) is 2. The summed E-state index contributed by atoms with van der Waals surface area (Å²) in [5.41, 5.74) is 2.20. The fraction of sp³-hybridized carbons (Fsp3) is 0.167. The van der Waals surface area contributed by atoms with Crippen LogP contribution < -0.4 is 5.32 Å². The Bertz CT molecular complexity index is 941. The van der Waals surface area contributed by atoms with Crippen molar-refractivity contribution < 1.29 is 18.0 Å². The van der Waals surface area contributed by atoms with Gasteiger partial charge < -0.3 is 5.32 Å². The van der Waals surface area contributed by atoms with Crippen LogP contribution in [0.25, 0.3) is 11.3 Å². The average molecular weight is 360 g/mol. The number of amides is 1. The van der Waals surface area contributed by atoms with Gasteiger partial charge >= 0.3 is 0 Å². The number of pyridine rings is 1. The highest BCUT2D eigenvalue weighted by molar-refractivity contribution is 5.91. The molecular formula is C18H15F3N4O. The number of aryl methyl sites for hydroxylation is 1. The fourth-order valence-corrected chi connectivity index (χ4v) is 2.52. The Kier molecular flexibility index (Phi) is 5.01. The van der Waals surface area contributed by atoms with Gasteiger partial charge in [-0.25, -0.2) is 13.2 Å². The molecule has 0 saturated carbocycles. The van der Waals surface area contributed by atoms with E-state index in [-0.39, 0.29) is 18.4 Å². The van der Waals surface area contributed by atoms with Crippen LogP contribution in [0.15, 0.2) is 36.7 Å². The molecule has 0 aliphatic heterocycles. The van der Waals surface area contributed by atoms with Gasteiger partial charge in [0, 0.05) is 36.0 Å². The number of hydrogen-bond donors (Lipinski definition) is 2. The van der Waals surface area contributed by atoms with Gasteiger partial charge in [-0.3, -0.25) is 14.9 Å². The zero-order valence-corrected chi connectivity index (χ0v) is 13.8. The highest BCUT2D eigenvalue weighted by Gasteiger charge is 2.15.